The minimum atomic E-state index is -0.762. The van der Waals surface area contributed by atoms with Gasteiger partial charge in [0.05, 0.1) is 23.8 Å². The standard InChI is InChI=1S/C35H42N2O5/c1-4-41-35(40)34-25(3)37(27-16-14-24(2)15-17-27)31-19-18-29(20-30(31)34)42-23-28(38)22-36(21-26-10-6-5-7-11-26)32-12-8-9-13-33(32)39/h5-7,10-11,14-20,28,32-33,38-39H,4,8-9,12-13,21-23H2,1-3H3/t28-,32+,33+/m1/s1. The van der Waals surface area contributed by atoms with Crippen molar-refractivity contribution in [3.63, 3.8) is 0 Å². The lowest BCUT2D eigenvalue weighted by Crippen LogP contribution is -2.48. The number of aliphatic hydroxyl groups is 2. The first-order chi connectivity index (χ1) is 20.4. The maximum absolute atomic E-state index is 13.1. The second-order valence-electron chi connectivity index (χ2n) is 11.3. The van der Waals surface area contributed by atoms with Crippen LogP contribution in [0.2, 0.25) is 0 Å². The number of aromatic nitrogens is 1. The first-order valence-corrected chi connectivity index (χ1v) is 15.0. The highest BCUT2D eigenvalue weighted by Crippen LogP contribution is 2.33. The van der Waals surface area contributed by atoms with Crippen LogP contribution in [-0.2, 0) is 11.3 Å². The summed E-state index contributed by atoms with van der Waals surface area (Å²) in [6.07, 6.45) is 2.63. The van der Waals surface area contributed by atoms with Gasteiger partial charge in [-0.2, -0.15) is 0 Å². The van der Waals surface area contributed by atoms with Gasteiger partial charge in [0.25, 0.3) is 0 Å². The highest BCUT2D eigenvalue weighted by atomic mass is 16.5. The van der Waals surface area contributed by atoms with Crippen LogP contribution in [0.25, 0.3) is 16.6 Å². The number of hydrogen-bond donors (Lipinski definition) is 2. The lowest BCUT2D eigenvalue weighted by Gasteiger charge is -2.38. The zero-order chi connectivity index (χ0) is 29.6. The Balaban J connectivity index is 1.36. The van der Waals surface area contributed by atoms with Crippen molar-refractivity contribution < 1.29 is 24.5 Å². The molecule has 1 aliphatic rings. The van der Waals surface area contributed by atoms with E-state index < -0.39 is 12.2 Å². The number of ether oxygens (including phenoxy) is 2. The largest absolute Gasteiger partial charge is 0.491 e. The van der Waals surface area contributed by atoms with Gasteiger partial charge in [-0.05, 0) is 69.5 Å². The molecular formula is C35H42N2O5. The predicted octanol–water partition coefficient (Wildman–Crippen LogP) is 5.97. The molecule has 3 aromatic carbocycles. The van der Waals surface area contributed by atoms with E-state index in [0.717, 1.165) is 59.1 Å². The molecule has 1 aromatic heterocycles. The van der Waals surface area contributed by atoms with E-state index in [4.69, 9.17) is 9.47 Å². The van der Waals surface area contributed by atoms with Crippen LogP contribution < -0.4 is 4.74 Å². The summed E-state index contributed by atoms with van der Waals surface area (Å²) < 4.78 is 13.6. The number of aliphatic hydroxyl groups excluding tert-OH is 2. The number of carbonyl (C=O) groups excluding carboxylic acids is 1. The van der Waals surface area contributed by atoms with Crippen molar-refractivity contribution in [3.05, 3.63) is 95.2 Å². The Morgan fingerprint density at radius 1 is 1.02 bits per heavy atom. The van der Waals surface area contributed by atoms with Crippen LogP contribution in [0.1, 0.15) is 59.8 Å². The summed E-state index contributed by atoms with van der Waals surface area (Å²) in [5, 5.41) is 22.6. The average molecular weight is 571 g/mol. The molecule has 1 fully saturated rings. The van der Waals surface area contributed by atoms with Crippen LogP contribution >= 0.6 is 0 Å². The van der Waals surface area contributed by atoms with Gasteiger partial charge in [-0.1, -0.05) is 60.9 Å². The van der Waals surface area contributed by atoms with E-state index in [-0.39, 0.29) is 25.2 Å². The molecule has 42 heavy (non-hydrogen) atoms. The number of hydrogen-bond acceptors (Lipinski definition) is 6. The third-order valence-corrected chi connectivity index (χ3v) is 8.23. The molecule has 222 valence electrons. The SMILES string of the molecule is CCOC(=O)c1c(C)n(-c2ccc(C)cc2)c2ccc(OC[C@H](O)CN(Cc3ccccc3)[C@H]3CCCC[C@@H]3O)cc12. The Hall–Kier alpha value is -3.65. The molecule has 0 bridgehead atoms. The Morgan fingerprint density at radius 2 is 1.76 bits per heavy atom. The van der Waals surface area contributed by atoms with Crippen molar-refractivity contribution >= 4 is 16.9 Å². The summed E-state index contributed by atoms with van der Waals surface area (Å²) in [6, 6.07) is 24.0. The Labute approximate surface area is 248 Å². The normalized spacial score (nSPS) is 17.9. The molecule has 5 rings (SSSR count). The van der Waals surface area contributed by atoms with E-state index in [1.54, 1.807) is 6.92 Å². The second-order valence-corrected chi connectivity index (χ2v) is 11.3. The lowest BCUT2D eigenvalue weighted by atomic mass is 9.91. The van der Waals surface area contributed by atoms with Crippen LogP contribution in [0.3, 0.4) is 0 Å². The van der Waals surface area contributed by atoms with E-state index in [1.165, 1.54) is 0 Å². The minimum absolute atomic E-state index is 0.00149. The number of rotatable bonds is 11. The Morgan fingerprint density at radius 3 is 2.48 bits per heavy atom. The molecule has 1 aliphatic carbocycles. The third-order valence-electron chi connectivity index (χ3n) is 8.23. The number of carbonyl (C=O) groups is 1. The Kier molecular flexibility index (Phi) is 9.62. The van der Waals surface area contributed by atoms with Crippen molar-refractivity contribution in [2.75, 3.05) is 19.8 Å². The lowest BCUT2D eigenvalue weighted by molar-refractivity contribution is -0.0144. The van der Waals surface area contributed by atoms with Crippen molar-refractivity contribution in [2.45, 2.75) is 71.2 Å². The molecule has 1 saturated carbocycles. The van der Waals surface area contributed by atoms with Gasteiger partial charge < -0.3 is 24.3 Å². The fourth-order valence-electron chi connectivity index (χ4n) is 6.14. The smallest absolute Gasteiger partial charge is 0.340 e. The van der Waals surface area contributed by atoms with Gasteiger partial charge in [-0.3, -0.25) is 4.90 Å². The van der Waals surface area contributed by atoms with E-state index in [0.29, 0.717) is 24.4 Å². The first kappa shape index (κ1) is 29.8. The molecular weight excluding hydrogens is 528 g/mol. The molecule has 1 heterocycles. The van der Waals surface area contributed by atoms with Gasteiger partial charge in [0, 0.05) is 35.9 Å². The monoisotopic (exact) mass is 570 g/mol. The molecule has 3 atom stereocenters. The minimum Gasteiger partial charge on any atom is -0.491 e. The zero-order valence-electron chi connectivity index (χ0n) is 24.8. The molecule has 4 aromatic rings. The summed E-state index contributed by atoms with van der Waals surface area (Å²) in [5.41, 5.74) is 5.46. The quantitative estimate of drug-likeness (QED) is 0.216. The van der Waals surface area contributed by atoms with Crippen LogP contribution in [0.5, 0.6) is 5.75 Å². The van der Waals surface area contributed by atoms with Gasteiger partial charge in [-0.25, -0.2) is 4.79 Å². The van der Waals surface area contributed by atoms with Crippen molar-refractivity contribution in [1.29, 1.82) is 0 Å². The van der Waals surface area contributed by atoms with Gasteiger partial charge in [0.15, 0.2) is 0 Å². The summed E-state index contributed by atoms with van der Waals surface area (Å²) >= 11 is 0. The van der Waals surface area contributed by atoms with Crippen LogP contribution in [-0.4, -0.2) is 63.7 Å². The van der Waals surface area contributed by atoms with Gasteiger partial charge >= 0.3 is 5.97 Å². The summed E-state index contributed by atoms with van der Waals surface area (Å²) in [7, 11) is 0. The van der Waals surface area contributed by atoms with Crippen molar-refractivity contribution in [2.24, 2.45) is 0 Å². The van der Waals surface area contributed by atoms with Crippen LogP contribution in [0.4, 0.5) is 0 Å². The van der Waals surface area contributed by atoms with Crippen molar-refractivity contribution in [3.8, 4) is 11.4 Å². The topological polar surface area (TPSA) is 84.2 Å². The van der Waals surface area contributed by atoms with Crippen molar-refractivity contribution in [1.82, 2.24) is 9.47 Å². The third kappa shape index (κ3) is 6.70. The first-order valence-electron chi connectivity index (χ1n) is 15.0. The molecule has 0 radical (unpaired) electrons. The molecule has 7 nitrogen and oxygen atoms in total. The fraction of sp³-hybridized carbons (Fsp3) is 0.400. The van der Waals surface area contributed by atoms with Gasteiger partial charge in [-0.15, -0.1) is 0 Å². The number of benzene rings is 3. The van der Waals surface area contributed by atoms with Crippen LogP contribution in [0.15, 0.2) is 72.8 Å². The summed E-state index contributed by atoms with van der Waals surface area (Å²) in [4.78, 5) is 15.3. The highest BCUT2D eigenvalue weighted by Gasteiger charge is 2.30. The Bertz CT molecular complexity index is 1480. The molecule has 0 aliphatic heterocycles. The maximum Gasteiger partial charge on any atom is 0.340 e. The van der Waals surface area contributed by atoms with E-state index in [9.17, 15) is 15.0 Å². The molecule has 0 unspecified atom stereocenters. The molecule has 0 saturated heterocycles. The predicted molar refractivity (Wildman–Crippen MR) is 165 cm³/mol. The highest BCUT2D eigenvalue weighted by molar-refractivity contribution is 6.07. The van der Waals surface area contributed by atoms with E-state index in [1.807, 2.05) is 62.4 Å². The molecule has 2 N–H and O–H groups in total. The maximum atomic E-state index is 13.1. The zero-order valence-corrected chi connectivity index (χ0v) is 24.8. The number of esters is 1. The van der Waals surface area contributed by atoms with E-state index in [2.05, 4.69) is 33.7 Å². The van der Waals surface area contributed by atoms with Crippen LogP contribution in [0, 0.1) is 13.8 Å². The number of fused-ring (bicyclic) bond motifs is 1. The van der Waals surface area contributed by atoms with E-state index >= 15 is 0 Å². The summed E-state index contributed by atoms with van der Waals surface area (Å²) in [6.45, 7) is 7.19. The average Bonchev–Trinajstić information content (AvgIpc) is 3.28. The van der Waals surface area contributed by atoms with Gasteiger partial charge in [0.1, 0.15) is 18.5 Å². The number of nitrogens with zero attached hydrogens (tertiary/aromatic N) is 2. The summed E-state index contributed by atoms with van der Waals surface area (Å²) in [5.74, 6) is 0.200. The number of aryl methyl sites for hydroxylation is 1. The molecule has 0 amide bonds. The second kappa shape index (κ2) is 13.6. The van der Waals surface area contributed by atoms with Gasteiger partial charge in [0.2, 0.25) is 0 Å². The molecule has 0 spiro atoms. The molecule has 7 heteroatoms. The fourth-order valence-corrected chi connectivity index (χ4v) is 6.14.